The van der Waals surface area contributed by atoms with Crippen LogP contribution in [0.1, 0.15) is 0 Å². The minimum absolute atomic E-state index is 0.234. The molecule has 2 aromatic carbocycles. The summed E-state index contributed by atoms with van der Waals surface area (Å²) in [6, 6.07) is 9.82. The summed E-state index contributed by atoms with van der Waals surface area (Å²) in [7, 11) is 3.76. The van der Waals surface area contributed by atoms with Gasteiger partial charge in [0.1, 0.15) is 0 Å². The summed E-state index contributed by atoms with van der Waals surface area (Å²) < 4.78 is 2.68. The Bertz CT molecular complexity index is 1330. The van der Waals surface area contributed by atoms with Gasteiger partial charge in [0.2, 0.25) is 0 Å². The largest absolute Gasteiger partial charge is 0.399 e. The van der Waals surface area contributed by atoms with Crippen molar-refractivity contribution < 1.29 is 0 Å². The number of para-hydroxylation sites is 1. The number of benzene rings is 2. The van der Waals surface area contributed by atoms with Gasteiger partial charge in [0.05, 0.1) is 16.4 Å². The van der Waals surface area contributed by atoms with Crippen LogP contribution in [0.3, 0.4) is 0 Å². The van der Waals surface area contributed by atoms with Crippen molar-refractivity contribution in [2.75, 3.05) is 26.4 Å². The van der Waals surface area contributed by atoms with Gasteiger partial charge in [-0.3, -0.25) is 18.6 Å². The van der Waals surface area contributed by atoms with Gasteiger partial charge >= 0.3 is 5.69 Å². The van der Waals surface area contributed by atoms with E-state index < -0.39 is 5.69 Å². The second-order valence-electron chi connectivity index (χ2n) is 6.69. The number of hydrogen-bond donors (Lipinski definition) is 1. The number of rotatable bonds is 3. The molecule has 0 radical (unpaired) electrons. The standard InChI is InChI=1S/C19H18N4O3/c1-21(2)8-9-22-18(25)13-5-3-4-12-16(13)23(19(22)26)15-7-6-11(20)10-14(15)17(12)24/h3-7,10H,8-9,20H2,1-2H3. The van der Waals surface area contributed by atoms with Gasteiger partial charge in [0, 0.05) is 29.5 Å². The van der Waals surface area contributed by atoms with Crippen molar-refractivity contribution in [2.24, 2.45) is 0 Å². The first kappa shape index (κ1) is 16.3. The minimum atomic E-state index is -0.449. The van der Waals surface area contributed by atoms with Crippen LogP contribution in [0.15, 0.2) is 50.8 Å². The lowest BCUT2D eigenvalue weighted by Crippen LogP contribution is -2.40. The Morgan fingerprint density at radius 1 is 1.00 bits per heavy atom. The molecule has 2 aromatic heterocycles. The van der Waals surface area contributed by atoms with Gasteiger partial charge in [0.25, 0.3) is 5.56 Å². The number of nitrogen functional groups attached to an aromatic ring is 1. The second kappa shape index (κ2) is 5.67. The first-order chi connectivity index (χ1) is 12.4. The Balaban J connectivity index is 2.29. The van der Waals surface area contributed by atoms with Gasteiger partial charge in [-0.05, 0) is 44.4 Å². The van der Waals surface area contributed by atoms with E-state index in [4.69, 9.17) is 5.73 Å². The van der Waals surface area contributed by atoms with Gasteiger partial charge in [-0.25, -0.2) is 4.79 Å². The van der Waals surface area contributed by atoms with Crippen molar-refractivity contribution >= 4 is 32.9 Å². The van der Waals surface area contributed by atoms with Crippen molar-refractivity contribution in [3.05, 3.63) is 67.5 Å². The summed E-state index contributed by atoms with van der Waals surface area (Å²) in [4.78, 5) is 40.8. The summed E-state index contributed by atoms with van der Waals surface area (Å²) in [5, 5.41) is 1.07. The molecule has 4 aromatic rings. The average Bonchev–Trinajstić information content (AvgIpc) is 2.61. The molecule has 2 N–H and O–H groups in total. The quantitative estimate of drug-likeness (QED) is 0.334. The molecule has 0 unspecified atom stereocenters. The van der Waals surface area contributed by atoms with Crippen LogP contribution in [0.4, 0.5) is 5.69 Å². The number of hydrogen-bond acceptors (Lipinski definition) is 5. The lowest BCUT2D eigenvalue weighted by Gasteiger charge is -2.15. The highest BCUT2D eigenvalue weighted by Crippen LogP contribution is 2.21. The van der Waals surface area contributed by atoms with Crippen LogP contribution >= 0.6 is 0 Å². The lowest BCUT2D eigenvalue weighted by atomic mass is 10.1. The third kappa shape index (κ3) is 2.21. The molecule has 0 atom stereocenters. The van der Waals surface area contributed by atoms with Crippen LogP contribution in [0, 0.1) is 0 Å². The monoisotopic (exact) mass is 350 g/mol. The third-order valence-corrected chi connectivity index (χ3v) is 4.68. The van der Waals surface area contributed by atoms with Gasteiger partial charge in [-0.2, -0.15) is 0 Å². The molecule has 0 aliphatic heterocycles. The summed E-state index contributed by atoms with van der Waals surface area (Å²) in [5.41, 5.74) is 6.04. The number of aromatic nitrogens is 2. The molecule has 0 aliphatic carbocycles. The highest BCUT2D eigenvalue weighted by Gasteiger charge is 2.18. The molecule has 0 saturated carbocycles. The maximum Gasteiger partial charge on any atom is 0.336 e. The molecule has 0 amide bonds. The molecule has 7 heteroatoms. The zero-order valence-electron chi connectivity index (χ0n) is 14.5. The zero-order chi connectivity index (χ0) is 18.6. The molecular weight excluding hydrogens is 332 g/mol. The van der Waals surface area contributed by atoms with Crippen molar-refractivity contribution in [1.82, 2.24) is 13.9 Å². The topological polar surface area (TPSA) is 89.8 Å². The van der Waals surface area contributed by atoms with Crippen LogP contribution in [0.5, 0.6) is 0 Å². The van der Waals surface area contributed by atoms with Crippen LogP contribution in [0.2, 0.25) is 0 Å². The summed E-state index contributed by atoms with van der Waals surface area (Å²) >= 11 is 0. The number of nitrogens with zero attached hydrogens (tertiary/aromatic N) is 3. The number of anilines is 1. The molecule has 132 valence electrons. The van der Waals surface area contributed by atoms with E-state index in [1.54, 1.807) is 36.4 Å². The average molecular weight is 350 g/mol. The fourth-order valence-electron chi connectivity index (χ4n) is 3.39. The van der Waals surface area contributed by atoms with E-state index in [0.29, 0.717) is 39.4 Å². The minimum Gasteiger partial charge on any atom is -0.399 e. The van der Waals surface area contributed by atoms with Crippen molar-refractivity contribution in [1.29, 1.82) is 0 Å². The first-order valence-corrected chi connectivity index (χ1v) is 8.28. The van der Waals surface area contributed by atoms with Crippen molar-refractivity contribution in [2.45, 2.75) is 6.54 Å². The van der Waals surface area contributed by atoms with E-state index in [0.717, 1.165) is 0 Å². The highest BCUT2D eigenvalue weighted by atomic mass is 16.2. The van der Waals surface area contributed by atoms with Crippen LogP contribution < -0.4 is 22.4 Å². The maximum atomic E-state index is 13.2. The summed E-state index contributed by atoms with van der Waals surface area (Å²) in [6.07, 6.45) is 0. The van der Waals surface area contributed by atoms with E-state index >= 15 is 0 Å². The first-order valence-electron chi connectivity index (χ1n) is 8.28. The maximum absolute atomic E-state index is 13.2. The third-order valence-electron chi connectivity index (χ3n) is 4.68. The Kier molecular flexibility index (Phi) is 3.55. The molecule has 7 nitrogen and oxygen atoms in total. The van der Waals surface area contributed by atoms with E-state index in [2.05, 4.69) is 0 Å². The normalized spacial score (nSPS) is 12.0. The predicted octanol–water partition coefficient (Wildman–Crippen LogP) is 0.709. The number of pyridine rings is 1. The molecule has 26 heavy (non-hydrogen) atoms. The van der Waals surface area contributed by atoms with E-state index in [-0.39, 0.29) is 17.5 Å². The van der Waals surface area contributed by atoms with E-state index in [9.17, 15) is 14.4 Å². The summed E-state index contributed by atoms with van der Waals surface area (Å²) in [5.74, 6) is 0. The van der Waals surface area contributed by atoms with Gasteiger partial charge in [-0.1, -0.05) is 6.07 Å². The molecule has 4 rings (SSSR count). The van der Waals surface area contributed by atoms with Crippen molar-refractivity contribution in [3.8, 4) is 0 Å². The second-order valence-corrected chi connectivity index (χ2v) is 6.69. The molecule has 0 aliphatic rings. The number of nitrogens with two attached hydrogens (primary N) is 1. The van der Waals surface area contributed by atoms with E-state index in [1.807, 2.05) is 19.0 Å². The van der Waals surface area contributed by atoms with Gasteiger partial charge < -0.3 is 10.6 Å². The predicted molar refractivity (Wildman–Crippen MR) is 103 cm³/mol. The number of fused-ring (bicyclic) bond motifs is 2. The van der Waals surface area contributed by atoms with E-state index in [1.165, 1.54) is 8.97 Å². The van der Waals surface area contributed by atoms with Gasteiger partial charge in [-0.15, -0.1) is 0 Å². The van der Waals surface area contributed by atoms with Crippen LogP contribution in [-0.2, 0) is 6.54 Å². The zero-order valence-corrected chi connectivity index (χ0v) is 14.5. The summed E-state index contributed by atoms with van der Waals surface area (Å²) in [6.45, 7) is 0.816. The van der Waals surface area contributed by atoms with Crippen molar-refractivity contribution in [3.63, 3.8) is 0 Å². The molecule has 0 fully saturated rings. The molecule has 0 saturated heterocycles. The lowest BCUT2D eigenvalue weighted by molar-refractivity contribution is 0.376. The number of likely N-dealkylation sites (N-methyl/N-ethyl adjacent to an activating group) is 1. The van der Waals surface area contributed by atoms with Crippen LogP contribution in [0.25, 0.3) is 27.2 Å². The molecule has 2 heterocycles. The Morgan fingerprint density at radius 2 is 1.73 bits per heavy atom. The Labute approximate surface area is 147 Å². The highest BCUT2D eigenvalue weighted by molar-refractivity contribution is 6.02. The SMILES string of the molecule is CN(C)CCn1c(=O)c2cccc3c(=O)c4cc(N)ccc4n(c1=O)c32. The van der Waals surface area contributed by atoms with Crippen LogP contribution in [-0.4, -0.2) is 34.5 Å². The molecular formula is C19H18N4O3. The molecule has 0 bridgehead atoms. The Hall–Kier alpha value is -3.19. The fourth-order valence-corrected chi connectivity index (χ4v) is 3.39. The smallest absolute Gasteiger partial charge is 0.336 e. The fraction of sp³-hybridized carbons (Fsp3) is 0.211. The molecule has 0 spiro atoms. The Morgan fingerprint density at radius 3 is 2.46 bits per heavy atom. The van der Waals surface area contributed by atoms with Gasteiger partial charge in [0.15, 0.2) is 5.43 Å².